The Labute approximate surface area is 122 Å². The van der Waals surface area contributed by atoms with Crippen LogP contribution in [0.3, 0.4) is 0 Å². The summed E-state index contributed by atoms with van der Waals surface area (Å²) in [5.41, 5.74) is 6.32. The molecule has 0 unspecified atom stereocenters. The smallest absolute Gasteiger partial charge is 0.277 e. The van der Waals surface area contributed by atoms with Gasteiger partial charge in [-0.2, -0.15) is 4.98 Å². The highest BCUT2D eigenvalue weighted by Gasteiger charge is 2.24. The van der Waals surface area contributed by atoms with Gasteiger partial charge in [0.15, 0.2) is 5.82 Å². The van der Waals surface area contributed by atoms with Gasteiger partial charge in [0.2, 0.25) is 0 Å². The van der Waals surface area contributed by atoms with Crippen molar-refractivity contribution in [1.82, 2.24) is 15.1 Å². The van der Waals surface area contributed by atoms with E-state index in [4.69, 9.17) is 10.3 Å². The van der Waals surface area contributed by atoms with Gasteiger partial charge in [-0.05, 0) is 25.3 Å². The first kappa shape index (κ1) is 13.7. The van der Waals surface area contributed by atoms with E-state index in [1.54, 1.807) is 11.3 Å². The Balaban J connectivity index is 1.72. The molecule has 0 saturated heterocycles. The third kappa shape index (κ3) is 2.91. The predicted molar refractivity (Wildman–Crippen MR) is 78.5 cm³/mol. The molecule has 3 rings (SSSR count). The summed E-state index contributed by atoms with van der Waals surface area (Å²) in [5, 5.41) is 7.14. The van der Waals surface area contributed by atoms with Crippen LogP contribution >= 0.6 is 11.3 Å². The highest BCUT2D eigenvalue weighted by molar-refractivity contribution is 7.09. The second-order valence-electron chi connectivity index (χ2n) is 5.58. The van der Waals surface area contributed by atoms with E-state index in [0.29, 0.717) is 18.4 Å². The van der Waals surface area contributed by atoms with E-state index in [-0.39, 0.29) is 0 Å². The van der Waals surface area contributed by atoms with Crippen LogP contribution in [0.1, 0.15) is 49.4 Å². The molecule has 2 aromatic rings. The zero-order valence-corrected chi connectivity index (χ0v) is 12.5. The Bertz CT molecular complexity index is 557. The first-order valence-electron chi connectivity index (χ1n) is 7.24. The SMILES string of the molecule is CC1CCC(c2noc(-c3csc(CCN)n3)n2)CC1. The Morgan fingerprint density at radius 2 is 2.10 bits per heavy atom. The third-order valence-electron chi connectivity index (χ3n) is 3.95. The molecule has 5 nitrogen and oxygen atoms in total. The molecule has 0 aromatic carbocycles. The number of aromatic nitrogens is 3. The average Bonchev–Trinajstić information content (AvgIpc) is 3.08. The van der Waals surface area contributed by atoms with Crippen LogP contribution in [0, 0.1) is 5.92 Å². The molecule has 1 saturated carbocycles. The summed E-state index contributed by atoms with van der Waals surface area (Å²) < 4.78 is 5.37. The normalized spacial score (nSPS) is 23.1. The van der Waals surface area contributed by atoms with Crippen molar-refractivity contribution in [2.45, 2.75) is 44.9 Å². The van der Waals surface area contributed by atoms with Gasteiger partial charge in [-0.1, -0.05) is 24.9 Å². The summed E-state index contributed by atoms with van der Waals surface area (Å²) in [6, 6.07) is 0. The minimum absolute atomic E-state index is 0.450. The lowest BCUT2D eigenvalue weighted by Gasteiger charge is -2.23. The molecule has 2 heterocycles. The Morgan fingerprint density at radius 1 is 1.30 bits per heavy atom. The number of nitrogens with two attached hydrogens (primary N) is 1. The highest BCUT2D eigenvalue weighted by Crippen LogP contribution is 2.34. The van der Waals surface area contributed by atoms with Crippen LogP contribution in [0.15, 0.2) is 9.90 Å². The molecule has 0 bridgehead atoms. The zero-order valence-electron chi connectivity index (χ0n) is 11.7. The molecule has 0 amide bonds. The van der Waals surface area contributed by atoms with Crippen molar-refractivity contribution in [3.8, 4) is 11.6 Å². The van der Waals surface area contributed by atoms with Gasteiger partial charge in [-0.3, -0.25) is 0 Å². The van der Waals surface area contributed by atoms with E-state index in [2.05, 4.69) is 22.0 Å². The fraction of sp³-hybridized carbons (Fsp3) is 0.643. The van der Waals surface area contributed by atoms with Gasteiger partial charge in [-0.25, -0.2) is 4.98 Å². The lowest BCUT2D eigenvalue weighted by molar-refractivity contribution is 0.329. The molecule has 1 aliphatic rings. The molecule has 0 atom stereocenters. The Hall–Kier alpha value is -1.27. The molecule has 1 fully saturated rings. The molecule has 20 heavy (non-hydrogen) atoms. The number of hydrogen-bond donors (Lipinski definition) is 1. The van der Waals surface area contributed by atoms with Crippen LogP contribution in [0.4, 0.5) is 0 Å². The minimum Gasteiger partial charge on any atom is -0.332 e. The summed E-state index contributed by atoms with van der Waals surface area (Å²) in [6.07, 6.45) is 5.63. The molecular weight excluding hydrogens is 272 g/mol. The monoisotopic (exact) mass is 292 g/mol. The van der Waals surface area contributed by atoms with Crippen molar-refractivity contribution < 1.29 is 4.52 Å². The van der Waals surface area contributed by atoms with Gasteiger partial charge in [0.1, 0.15) is 5.69 Å². The largest absolute Gasteiger partial charge is 0.332 e. The van der Waals surface area contributed by atoms with Crippen LogP contribution in [-0.4, -0.2) is 21.7 Å². The van der Waals surface area contributed by atoms with Crippen LogP contribution in [0.2, 0.25) is 0 Å². The lowest BCUT2D eigenvalue weighted by Crippen LogP contribution is -2.11. The maximum atomic E-state index is 5.54. The number of hydrogen-bond acceptors (Lipinski definition) is 6. The van der Waals surface area contributed by atoms with E-state index in [9.17, 15) is 0 Å². The fourth-order valence-corrected chi connectivity index (χ4v) is 3.46. The van der Waals surface area contributed by atoms with Crippen LogP contribution in [0.25, 0.3) is 11.6 Å². The van der Waals surface area contributed by atoms with Crippen molar-refractivity contribution in [2.75, 3.05) is 6.54 Å². The molecule has 0 aliphatic heterocycles. The molecular formula is C14H20N4OS. The van der Waals surface area contributed by atoms with Gasteiger partial charge >= 0.3 is 0 Å². The van der Waals surface area contributed by atoms with Gasteiger partial charge in [0.25, 0.3) is 5.89 Å². The van der Waals surface area contributed by atoms with E-state index in [0.717, 1.165) is 41.7 Å². The molecule has 108 valence electrons. The Morgan fingerprint density at radius 3 is 2.85 bits per heavy atom. The van der Waals surface area contributed by atoms with Crippen molar-refractivity contribution in [1.29, 1.82) is 0 Å². The first-order valence-corrected chi connectivity index (χ1v) is 8.12. The fourth-order valence-electron chi connectivity index (χ4n) is 2.67. The molecule has 2 N–H and O–H groups in total. The first-order chi connectivity index (χ1) is 9.76. The van der Waals surface area contributed by atoms with E-state index in [1.807, 2.05) is 5.38 Å². The topological polar surface area (TPSA) is 77.8 Å². The summed E-state index contributed by atoms with van der Waals surface area (Å²) in [6.45, 7) is 2.93. The van der Waals surface area contributed by atoms with Crippen LogP contribution in [0.5, 0.6) is 0 Å². The van der Waals surface area contributed by atoms with Gasteiger partial charge < -0.3 is 10.3 Å². The molecule has 2 aromatic heterocycles. The maximum absolute atomic E-state index is 5.54. The van der Waals surface area contributed by atoms with Crippen molar-refractivity contribution in [3.63, 3.8) is 0 Å². The summed E-state index contributed by atoms with van der Waals surface area (Å²) in [7, 11) is 0. The van der Waals surface area contributed by atoms with Crippen molar-refractivity contribution in [3.05, 3.63) is 16.2 Å². The maximum Gasteiger partial charge on any atom is 0.277 e. The second kappa shape index (κ2) is 6.01. The van der Waals surface area contributed by atoms with Crippen LogP contribution < -0.4 is 5.73 Å². The average molecular weight is 292 g/mol. The predicted octanol–water partition coefficient (Wildman–Crippen LogP) is 2.99. The molecule has 6 heteroatoms. The van der Waals surface area contributed by atoms with E-state index < -0.39 is 0 Å². The third-order valence-corrected chi connectivity index (χ3v) is 4.86. The van der Waals surface area contributed by atoms with Crippen molar-refractivity contribution in [2.24, 2.45) is 11.7 Å². The van der Waals surface area contributed by atoms with E-state index >= 15 is 0 Å². The Kier molecular flexibility index (Phi) is 4.12. The second-order valence-corrected chi connectivity index (χ2v) is 6.52. The summed E-state index contributed by atoms with van der Waals surface area (Å²) in [5.74, 6) is 2.67. The molecule has 0 spiro atoms. The number of rotatable bonds is 4. The van der Waals surface area contributed by atoms with Crippen molar-refractivity contribution >= 4 is 11.3 Å². The molecule has 1 aliphatic carbocycles. The molecule has 0 radical (unpaired) electrons. The number of nitrogens with zero attached hydrogens (tertiary/aromatic N) is 3. The van der Waals surface area contributed by atoms with E-state index in [1.165, 1.54) is 12.8 Å². The summed E-state index contributed by atoms with van der Waals surface area (Å²) in [4.78, 5) is 9.02. The number of thiazole rings is 1. The van der Waals surface area contributed by atoms with Gasteiger partial charge in [-0.15, -0.1) is 11.3 Å². The van der Waals surface area contributed by atoms with Gasteiger partial charge in [0.05, 0.1) is 5.01 Å². The quantitative estimate of drug-likeness (QED) is 0.937. The highest BCUT2D eigenvalue weighted by atomic mass is 32.1. The lowest BCUT2D eigenvalue weighted by atomic mass is 9.83. The zero-order chi connectivity index (χ0) is 13.9. The summed E-state index contributed by atoms with van der Waals surface area (Å²) >= 11 is 1.60. The van der Waals surface area contributed by atoms with Gasteiger partial charge in [0, 0.05) is 17.7 Å². The standard InChI is InChI=1S/C14H20N4OS/c1-9-2-4-10(5-3-9)13-17-14(19-18-13)11-8-20-12(16-11)6-7-15/h8-10H,2-7,15H2,1H3. The van der Waals surface area contributed by atoms with Crippen LogP contribution in [-0.2, 0) is 6.42 Å². The minimum atomic E-state index is 0.450.